The van der Waals surface area contributed by atoms with Crippen LogP contribution in [-0.2, 0) is 0 Å². The van der Waals surface area contributed by atoms with E-state index in [1.807, 2.05) is 0 Å². The Morgan fingerprint density at radius 1 is 1.35 bits per heavy atom. The summed E-state index contributed by atoms with van der Waals surface area (Å²) in [5.41, 5.74) is -0.937. The van der Waals surface area contributed by atoms with E-state index in [-0.39, 0.29) is 16.9 Å². The van der Waals surface area contributed by atoms with E-state index in [1.54, 1.807) is 0 Å². The molecule has 1 aliphatic carbocycles. The maximum Gasteiger partial charge on any atom is 0.511 e. The minimum Gasteiger partial charge on any atom is -0.449 e. The number of benzene rings is 1. The van der Waals surface area contributed by atoms with Crippen LogP contribution in [0.25, 0.3) is 10.9 Å². The minimum atomic E-state index is -1.63. The van der Waals surface area contributed by atoms with Gasteiger partial charge in [0.1, 0.15) is 0 Å². The number of carbonyl (C=O) groups is 1. The quantitative estimate of drug-likeness (QED) is 0.859. The van der Waals surface area contributed by atoms with Crippen molar-refractivity contribution in [3.8, 4) is 5.75 Å². The fourth-order valence-electron chi connectivity index (χ4n) is 2.17. The molecule has 0 bridgehead atoms. The van der Waals surface area contributed by atoms with Crippen LogP contribution < -0.4 is 10.2 Å². The van der Waals surface area contributed by atoms with Crippen LogP contribution in [0.3, 0.4) is 0 Å². The van der Waals surface area contributed by atoms with Gasteiger partial charge in [0, 0.05) is 6.04 Å². The Labute approximate surface area is 111 Å². The van der Waals surface area contributed by atoms with Gasteiger partial charge in [-0.15, -0.1) is 0 Å². The van der Waals surface area contributed by atoms with Crippen molar-refractivity contribution < 1.29 is 23.4 Å². The molecule has 0 unspecified atom stereocenters. The largest absolute Gasteiger partial charge is 0.511 e. The third-order valence-electron chi connectivity index (χ3n) is 3.19. The Hall–Kier alpha value is -2.44. The smallest absolute Gasteiger partial charge is 0.449 e. The standard InChI is InChI=1S/C13H9F2NO4/c14-8-4-3-7-11(10(8)15)16(6-1-2-6)5-9(12(7)17)20-13(18)19/h3-6H,1-2H2,(H,18,19). The van der Waals surface area contributed by atoms with Crippen LogP contribution in [0, 0.1) is 11.6 Å². The molecule has 5 nitrogen and oxygen atoms in total. The van der Waals surface area contributed by atoms with Gasteiger partial charge < -0.3 is 14.4 Å². The zero-order valence-corrected chi connectivity index (χ0v) is 10.1. The molecule has 3 rings (SSSR count). The third-order valence-corrected chi connectivity index (χ3v) is 3.19. The summed E-state index contributed by atoms with van der Waals surface area (Å²) in [5.74, 6) is -2.59. The zero-order chi connectivity index (χ0) is 14.4. The molecule has 1 aromatic heterocycles. The molecule has 7 heteroatoms. The fraction of sp³-hybridized carbons (Fsp3) is 0.231. The van der Waals surface area contributed by atoms with Crippen LogP contribution in [0.2, 0.25) is 0 Å². The molecular weight excluding hydrogens is 272 g/mol. The first-order valence-electron chi connectivity index (χ1n) is 5.92. The number of hydrogen-bond donors (Lipinski definition) is 1. The highest BCUT2D eigenvalue weighted by atomic mass is 19.2. The molecule has 0 aliphatic heterocycles. The topological polar surface area (TPSA) is 68.5 Å². The van der Waals surface area contributed by atoms with Gasteiger partial charge >= 0.3 is 6.16 Å². The van der Waals surface area contributed by atoms with Gasteiger partial charge in [0.05, 0.1) is 17.1 Å². The van der Waals surface area contributed by atoms with Gasteiger partial charge in [0.2, 0.25) is 5.43 Å². The Morgan fingerprint density at radius 3 is 2.65 bits per heavy atom. The monoisotopic (exact) mass is 281 g/mol. The number of aromatic nitrogens is 1. The average Bonchev–Trinajstić information content (AvgIpc) is 3.20. The first-order valence-corrected chi connectivity index (χ1v) is 5.92. The lowest BCUT2D eigenvalue weighted by Crippen LogP contribution is -2.17. The first kappa shape index (κ1) is 12.6. The summed E-state index contributed by atoms with van der Waals surface area (Å²) < 4.78 is 33.0. The van der Waals surface area contributed by atoms with Crippen LogP contribution in [0.4, 0.5) is 13.6 Å². The van der Waals surface area contributed by atoms with Gasteiger partial charge in [-0.1, -0.05) is 0 Å². The van der Waals surface area contributed by atoms with Crippen LogP contribution in [0.15, 0.2) is 23.1 Å². The van der Waals surface area contributed by atoms with Crippen molar-refractivity contribution >= 4 is 17.1 Å². The Morgan fingerprint density at radius 2 is 2.05 bits per heavy atom. The van der Waals surface area contributed by atoms with Crippen molar-refractivity contribution in [1.82, 2.24) is 4.57 Å². The summed E-state index contributed by atoms with van der Waals surface area (Å²) in [6, 6.07) is 1.88. The number of halogens is 2. The van der Waals surface area contributed by atoms with Crippen molar-refractivity contribution in [2.24, 2.45) is 0 Å². The average molecular weight is 281 g/mol. The minimum absolute atomic E-state index is 0.0782. The SMILES string of the molecule is O=C(O)Oc1cn(C2CC2)c2c(F)c(F)ccc2c1=O. The van der Waals surface area contributed by atoms with Gasteiger partial charge in [0.15, 0.2) is 17.4 Å². The van der Waals surface area contributed by atoms with E-state index >= 15 is 0 Å². The molecule has 0 amide bonds. The van der Waals surface area contributed by atoms with Gasteiger partial charge in [-0.2, -0.15) is 0 Å². The second kappa shape index (κ2) is 4.29. The van der Waals surface area contributed by atoms with Crippen LogP contribution in [0.5, 0.6) is 5.75 Å². The van der Waals surface area contributed by atoms with Crippen molar-refractivity contribution in [1.29, 1.82) is 0 Å². The molecule has 0 radical (unpaired) electrons. The zero-order valence-electron chi connectivity index (χ0n) is 10.1. The second-order valence-electron chi connectivity index (χ2n) is 4.59. The highest BCUT2D eigenvalue weighted by Crippen LogP contribution is 2.38. The Bertz CT molecular complexity index is 780. The molecule has 1 saturated carbocycles. The van der Waals surface area contributed by atoms with Crippen molar-refractivity contribution in [3.05, 3.63) is 40.2 Å². The molecule has 1 aliphatic rings. The van der Waals surface area contributed by atoms with Crippen molar-refractivity contribution in [2.45, 2.75) is 18.9 Å². The molecule has 1 N–H and O–H groups in total. The fourth-order valence-corrected chi connectivity index (χ4v) is 2.17. The molecule has 1 fully saturated rings. The molecule has 20 heavy (non-hydrogen) atoms. The van der Waals surface area contributed by atoms with Gasteiger partial charge in [-0.25, -0.2) is 13.6 Å². The van der Waals surface area contributed by atoms with E-state index in [9.17, 15) is 18.4 Å². The summed E-state index contributed by atoms with van der Waals surface area (Å²) in [7, 11) is 0. The number of carboxylic acid groups (broad SMARTS) is 1. The normalized spacial score (nSPS) is 14.5. The number of pyridine rings is 1. The summed E-state index contributed by atoms with van der Waals surface area (Å²) in [5, 5.41) is 8.50. The molecule has 0 atom stereocenters. The van der Waals surface area contributed by atoms with Crippen LogP contribution in [0.1, 0.15) is 18.9 Å². The van der Waals surface area contributed by atoms with Gasteiger partial charge in [-0.05, 0) is 25.0 Å². The second-order valence-corrected chi connectivity index (χ2v) is 4.59. The van der Waals surface area contributed by atoms with Crippen molar-refractivity contribution in [2.75, 3.05) is 0 Å². The maximum atomic E-state index is 13.9. The Kier molecular flexibility index (Phi) is 2.70. The van der Waals surface area contributed by atoms with Gasteiger partial charge in [0.25, 0.3) is 0 Å². The number of rotatable bonds is 2. The molecular formula is C13H9F2NO4. The molecule has 104 valence electrons. The molecule has 0 spiro atoms. The summed E-state index contributed by atoms with van der Waals surface area (Å²) in [6.07, 6.45) is 0.992. The van der Waals surface area contributed by atoms with E-state index in [0.29, 0.717) is 0 Å². The molecule has 1 aromatic carbocycles. The number of ether oxygens (including phenoxy) is 1. The third kappa shape index (κ3) is 1.91. The van der Waals surface area contributed by atoms with Crippen molar-refractivity contribution in [3.63, 3.8) is 0 Å². The lowest BCUT2D eigenvalue weighted by Gasteiger charge is -2.12. The van der Waals surface area contributed by atoms with Gasteiger partial charge in [-0.3, -0.25) is 4.79 Å². The Balaban J connectivity index is 2.36. The summed E-state index contributed by atoms with van der Waals surface area (Å²) in [4.78, 5) is 22.6. The predicted octanol–water partition coefficient (Wildman–Crippen LogP) is 2.67. The lowest BCUT2D eigenvalue weighted by atomic mass is 10.2. The van der Waals surface area contributed by atoms with E-state index in [4.69, 9.17) is 5.11 Å². The van der Waals surface area contributed by atoms with Crippen LogP contribution >= 0.6 is 0 Å². The number of fused-ring (bicyclic) bond motifs is 1. The predicted molar refractivity (Wildman–Crippen MR) is 65.0 cm³/mol. The molecule has 2 aromatic rings. The number of hydrogen-bond acceptors (Lipinski definition) is 3. The van der Waals surface area contributed by atoms with Crippen LogP contribution in [-0.4, -0.2) is 15.8 Å². The van der Waals surface area contributed by atoms with E-state index in [1.165, 1.54) is 4.57 Å². The summed E-state index contributed by atoms with van der Waals surface area (Å²) >= 11 is 0. The van der Waals surface area contributed by atoms with E-state index in [2.05, 4.69) is 4.74 Å². The molecule has 0 saturated heterocycles. The summed E-state index contributed by atoms with van der Waals surface area (Å²) in [6.45, 7) is 0. The first-order chi connectivity index (χ1) is 9.49. The molecule has 1 heterocycles. The van der Waals surface area contributed by atoms with E-state index < -0.39 is 29.0 Å². The lowest BCUT2D eigenvalue weighted by molar-refractivity contribution is 0.143. The highest BCUT2D eigenvalue weighted by Gasteiger charge is 2.28. The highest BCUT2D eigenvalue weighted by molar-refractivity contribution is 5.82. The number of nitrogens with zero attached hydrogens (tertiary/aromatic N) is 1. The van der Waals surface area contributed by atoms with E-state index in [0.717, 1.165) is 31.2 Å². The maximum absolute atomic E-state index is 13.9.